The Labute approximate surface area is 531 Å². The molecule has 0 fully saturated rings. The van der Waals surface area contributed by atoms with E-state index in [4.69, 9.17) is 47.1 Å². The molecular weight excluding hydrogens is 1470 g/mol. The summed E-state index contributed by atoms with van der Waals surface area (Å²) in [6.45, 7) is 0. The van der Waals surface area contributed by atoms with Gasteiger partial charge in [-0.15, -0.1) is 47.5 Å². The number of imidazole rings is 4. The van der Waals surface area contributed by atoms with Gasteiger partial charge in [0, 0.05) is 95.0 Å². The molecule has 10 nitrogen and oxygen atoms in total. The average molecular weight is 1520 g/mol. The number of para-hydroxylation sites is 4. The SMILES string of the molecule is [Cl][Pt]([Cl])([Cl])[Cl].[K][K].[Pt+2].[c-]1c(Oc2[c-]c(-c3nccn3-c3ccccc3)ccc2)cccc1-c1nccn1-c1ccccc1.c1ccc(-n2ccnc2-c2cccc(Oc3cccc(-c4nccn4-c4ccccc4)c3)c2)cc1. The predicted molar refractivity (Wildman–Crippen MR) is 309 cm³/mol. The van der Waals surface area contributed by atoms with Crippen LogP contribution in [-0.2, 0) is 33.0 Å². The fraction of sp³-hybridized carbons (Fsp3) is 0. The number of ether oxygens (including phenoxy) is 2. The molecule has 0 atom stereocenters. The van der Waals surface area contributed by atoms with Gasteiger partial charge in [-0.3, -0.25) is 19.1 Å². The summed E-state index contributed by atoms with van der Waals surface area (Å²) in [5.74, 6) is 5.98. The van der Waals surface area contributed by atoms with Gasteiger partial charge in [0.1, 0.15) is 23.1 Å². The number of rotatable bonds is 12. The molecule has 0 aliphatic heterocycles. The van der Waals surface area contributed by atoms with Gasteiger partial charge in [0.25, 0.3) is 0 Å². The quantitative estimate of drug-likeness (QED) is 0.0894. The van der Waals surface area contributed by atoms with Crippen molar-refractivity contribution in [3.63, 3.8) is 0 Å². The summed E-state index contributed by atoms with van der Waals surface area (Å²) in [4.78, 5) is 18.3. The van der Waals surface area contributed by atoms with Gasteiger partial charge < -0.3 is 18.6 Å². The van der Waals surface area contributed by atoms with Crippen molar-refractivity contribution in [2.75, 3.05) is 0 Å². The second-order valence-electron chi connectivity index (χ2n) is 16.2. The van der Waals surface area contributed by atoms with Gasteiger partial charge in [0.05, 0.1) is 11.6 Å². The van der Waals surface area contributed by atoms with Crippen LogP contribution in [0.2, 0.25) is 0 Å². The summed E-state index contributed by atoms with van der Waals surface area (Å²) >= 11 is -0.556. The summed E-state index contributed by atoms with van der Waals surface area (Å²) in [7, 11) is 20.0. The van der Waals surface area contributed by atoms with Crippen LogP contribution in [-0.4, -0.2) is 101 Å². The molecule has 0 saturated heterocycles. The fourth-order valence-electron chi connectivity index (χ4n) is 8.15. The van der Waals surface area contributed by atoms with Crippen LogP contribution < -0.4 is 9.47 Å². The third kappa shape index (κ3) is 16.6. The summed E-state index contributed by atoms with van der Waals surface area (Å²) in [6.07, 6.45) is 15.0. The van der Waals surface area contributed by atoms with E-state index in [2.05, 4.69) is 65.5 Å². The van der Waals surface area contributed by atoms with E-state index in [1.54, 1.807) is 12.4 Å². The molecule has 0 bridgehead atoms. The third-order valence-corrected chi connectivity index (χ3v) is 11.4. The van der Waals surface area contributed by atoms with E-state index in [-0.39, 0.29) is 21.1 Å². The van der Waals surface area contributed by atoms with Crippen LogP contribution in [0.1, 0.15) is 0 Å². The molecule has 8 aromatic carbocycles. The molecule has 18 heteroatoms. The van der Waals surface area contributed by atoms with Gasteiger partial charge >= 0.3 is 134 Å². The Bertz CT molecular complexity index is 3290. The topological polar surface area (TPSA) is 89.7 Å². The summed E-state index contributed by atoms with van der Waals surface area (Å²) in [6, 6.07) is 74.9. The van der Waals surface area contributed by atoms with Crippen molar-refractivity contribution in [2.45, 2.75) is 0 Å². The van der Waals surface area contributed by atoms with E-state index < -0.39 is 11.9 Å². The molecule has 0 N–H and O–H groups in total. The maximum atomic E-state index is 6.27. The molecule has 0 aliphatic rings. The molecule has 4 aromatic heterocycles. The van der Waals surface area contributed by atoms with E-state index in [1.807, 2.05) is 228 Å². The van der Waals surface area contributed by atoms with Crippen molar-refractivity contribution in [3.05, 3.63) is 268 Å². The maximum absolute atomic E-state index is 6.27. The summed E-state index contributed by atoms with van der Waals surface area (Å²) in [5.41, 5.74) is 7.84. The van der Waals surface area contributed by atoms with Crippen molar-refractivity contribution in [3.8, 4) is 91.3 Å². The molecule has 4 heterocycles. The molecule has 0 radical (unpaired) electrons. The Morgan fingerprint density at radius 2 is 0.654 bits per heavy atom. The van der Waals surface area contributed by atoms with Crippen molar-refractivity contribution < 1.29 is 42.4 Å². The monoisotopic (exact) mass is 1510 g/mol. The Hall–Kier alpha value is -3.99. The molecule has 0 spiro atoms. The Balaban J connectivity index is 0.000000182. The number of nitrogens with zero attached hydrogens (tertiary/aromatic N) is 8. The largest absolute Gasteiger partial charge is 2.00 e. The maximum Gasteiger partial charge on any atom is 2.00 e. The molecule has 78 heavy (non-hydrogen) atoms. The Morgan fingerprint density at radius 3 is 0.987 bits per heavy atom. The van der Waals surface area contributed by atoms with Gasteiger partial charge in [-0.1, -0.05) is 109 Å². The minimum Gasteiger partial charge on any atom is -0.497 e. The van der Waals surface area contributed by atoms with E-state index in [1.165, 1.54) is 63.2 Å². The van der Waals surface area contributed by atoms with Crippen LogP contribution in [0, 0.1) is 12.1 Å². The van der Waals surface area contributed by atoms with Gasteiger partial charge in [0.2, 0.25) is 0 Å². The molecule has 0 amide bonds. The molecular formula is C60H42Cl4K2N8O2Pt2. The molecule has 12 aromatic rings. The van der Waals surface area contributed by atoms with E-state index >= 15 is 0 Å². The first-order valence-electron chi connectivity index (χ1n) is 24.2. The Kier molecular flexibility index (Phi) is 23.3. The fourth-order valence-corrected chi connectivity index (χ4v) is 8.15. The standard InChI is InChI=1S/C30H22N4O.C30H20N4O.4ClH.2K.2Pt/c2*1-3-11-25(12-4-1)33-19-17-31-29(33)23-9-7-15-27(21-23)35-28-16-8-10-24(22-28)30-32-18-20-34(30)26-13-5-2-6-14-26;;;;;;;;/h1-22H;1-20H;4*1H;;;;/q;-2;;;;;;;+2;+4/p-4. The summed E-state index contributed by atoms with van der Waals surface area (Å²) in [5, 5.41) is 0. The van der Waals surface area contributed by atoms with Crippen LogP contribution in [0.3, 0.4) is 0 Å². The van der Waals surface area contributed by atoms with E-state index in [9.17, 15) is 0 Å². The normalized spacial score (nSPS) is 10.8. The zero-order valence-electron chi connectivity index (χ0n) is 41.8. The van der Waals surface area contributed by atoms with Crippen LogP contribution in [0.15, 0.2) is 256 Å². The van der Waals surface area contributed by atoms with Crippen LogP contribution in [0.25, 0.3) is 68.3 Å². The third-order valence-electron chi connectivity index (χ3n) is 11.4. The van der Waals surface area contributed by atoms with Crippen molar-refractivity contribution >= 4 is 101 Å². The van der Waals surface area contributed by atoms with Crippen molar-refractivity contribution in [1.82, 2.24) is 38.2 Å². The van der Waals surface area contributed by atoms with Crippen molar-refractivity contribution in [2.24, 2.45) is 0 Å². The van der Waals surface area contributed by atoms with Gasteiger partial charge in [-0.2, -0.15) is 0 Å². The number of hydrogen-bond donors (Lipinski definition) is 0. The molecule has 0 unspecified atom stereocenters. The smallest absolute Gasteiger partial charge is 0.497 e. The van der Waals surface area contributed by atoms with Crippen LogP contribution in [0.4, 0.5) is 0 Å². The minimum atomic E-state index is -3.06. The molecule has 0 saturated carbocycles. The number of halogens is 4. The van der Waals surface area contributed by atoms with Gasteiger partial charge in [-0.25, -0.2) is 9.97 Å². The Morgan fingerprint density at radius 1 is 0.359 bits per heavy atom. The first kappa shape index (κ1) is 60.1. The molecule has 384 valence electrons. The number of benzene rings is 8. The van der Waals surface area contributed by atoms with Crippen molar-refractivity contribution in [1.29, 1.82) is 0 Å². The second kappa shape index (κ2) is 30.2. The zero-order valence-corrected chi connectivity index (χ0v) is 55.6. The second-order valence-corrected chi connectivity index (χ2v) is 35.9. The van der Waals surface area contributed by atoms with E-state index in [0.717, 1.165) is 79.8 Å². The summed E-state index contributed by atoms with van der Waals surface area (Å²) < 4.78 is 20.6. The molecule has 0 aliphatic carbocycles. The number of hydrogen-bond acceptors (Lipinski definition) is 6. The average Bonchev–Trinajstić information content (AvgIpc) is 4.35. The van der Waals surface area contributed by atoms with Gasteiger partial charge in [-0.05, 0) is 72.8 Å². The van der Waals surface area contributed by atoms with Crippen LogP contribution in [0.5, 0.6) is 23.0 Å². The molecule has 12 rings (SSSR count). The zero-order chi connectivity index (χ0) is 53.4. The minimum absolute atomic E-state index is 0. The van der Waals surface area contributed by atoms with Gasteiger partial charge in [0.15, 0.2) is 0 Å². The predicted octanol–water partition coefficient (Wildman–Crippen LogP) is 16.0. The van der Waals surface area contributed by atoms with Crippen LogP contribution >= 0.6 is 37.7 Å². The first-order chi connectivity index (χ1) is 37.7. The van der Waals surface area contributed by atoms with E-state index in [0.29, 0.717) is 11.5 Å². The number of aromatic nitrogens is 8. The first-order valence-corrected chi connectivity index (χ1v) is 51.4.